The average molecular weight is 447 g/mol. The summed E-state index contributed by atoms with van der Waals surface area (Å²) in [5.41, 5.74) is 9.63. The number of furan rings is 1. The summed E-state index contributed by atoms with van der Waals surface area (Å²) in [5.74, 6) is 1.04. The van der Waals surface area contributed by atoms with Crippen molar-refractivity contribution < 1.29 is 4.42 Å². The first kappa shape index (κ1) is 21.1. The van der Waals surface area contributed by atoms with Gasteiger partial charge in [-0.3, -0.25) is 4.98 Å². The van der Waals surface area contributed by atoms with E-state index in [1.54, 1.807) is 0 Å². The van der Waals surface area contributed by atoms with Gasteiger partial charge >= 0.3 is 0 Å². The van der Waals surface area contributed by atoms with Gasteiger partial charge in [-0.25, -0.2) is 4.98 Å². The van der Waals surface area contributed by atoms with Crippen LogP contribution in [0.4, 0.5) is 0 Å². The van der Waals surface area contributed by atoms with Gasteiger partial charge in [0.1, 0.15) is 5.58 Å². The molecule has 6 rings (SSSR count). The third kappa shape index (κ3) is 3.51. The second-order valence-corrected chi connectivity index (χ2v) is 9.99. The molecule has 3 aromatic heterocycles. The maximum Gasteiger partial charge on any atom is 0.227 e. The second kappa shape index (κ2) is 8.39. The van der Waals surface area contributed by atoms with E-state index < -0.39 is 0 Å². The molecule has 170 valence electrons. The fourth-order valence-corrected chi connectivity index (χ4v) is 5.51. The topological polar surface area (TPSA) is 38.9 Å². The zero-order valence-corrected chi connectivity index (χ0v) is 20.1. The minimum Gasteiger partial charge on any atom is -0.437 e. The molecule has 1 saturated carbocycles. The van der Waals surface area contributed by atoms with E-state index in [0.29, 0.717) is 17.5 Å². The molecule has 0 atom stereocenters. The highest BCUT2D eigenvalue weighted by atomic mass is 16.3. The molecule has 2 aromatic carbocycles. The van der Waals surface area contributed by atoms with E-state index in [4.69, 9.17) is 14.4 Å². The third-order valence-electron chi connectivity index (χ3n) is 7.40. The van der Waals surface area contributed by atoms with Crippen molar-refractivity contribution in [1.82, 2.24) is 9.97 Å². The molecular weight excluding hydrogens is 416 g/mol. The van der Waals surface area contributed by atoms with Crippen molar-refractivity contribution in [2.24, 2.45) is 0 Å². The summed E-state index contributed by atoms with van der Waals surface area (Å²) < 4.78 is 6.45. The number of pyridine rings is 2. The van der Waals surface area contributed by atoms with Crippen LogP contribution in [0.3, 0.4) is 0 Å². The monoisotopic (exact) mass is 446 g/mol. The number of nitrogens with zero attached hydrogens (tertiary/aromatic N) is 2. The first-order valence-corrected chi connectivity index (χ1v) is 12.5. The zero-order chi connectivity index (χ0) is 23.2. The highest BCUT2D eigenvalue weighted by Crippen LogP contribution is 2.41. The van der Waals surface area contributed by atoms with Crippen LogP contribution in [0.15, 0.2) is 71.3 Å². The summed E-state index contributed by atoms with van der Waals surface area (Å²) >= 11 is 0. The molecule has 3 heteroatoms. The normalized spacial score (nSPS) is 14.6. The molecule has 0 spiro atoms. The standard InChI is InChI=1S/C31H30N2O/c1-19(2)27-16-15-26-25-14-13-20(3)28(30(25)34-31(26)33-27)29-24(12-7-17-32-29)23-11-6-10-22(18-23)21-8-4-5-9-21/h6-7,10-19,21H,4-5,8-9H2,1-3H3. The Morgan fingerprint density at radius 3 is 2.56 bits per heavy atom. The van der Waals surface area contributed by atoms with Gasteiger partial charge in [-0.1, -0.05) is 69.2 Å². The fraction of sp³-hybridized carbons (Fsp3) is 0.290. The smallest absolute Gasteiger partial charge is 0.227 e. The number of aromatic nitrogens is 2. The molecule has 1 aliphatic carbocycles. The van der Waals surface area contributed by atoms with Crippen LogP contribution in [0.2, 0.25) is 0 Å². The lowest BCUT2D eigenvalue weighted by molar-refractivity contribution is 0.648. The van der Waals surface area contributed by atoms with Crippen LogP contribution in [0.5, 0.6) is 0 Å². The fourth-order valence-electron chi connectivity index (χ4n) is 5.51. The van der Waals surface area contributed by atoms with Crippen LogP contribution in [0, 0.1) is 6.92 Å². The van der Waals surface area contributed by atoms with E-state index >= 15 is 0 Å². The number of rotatable bonds is 4. The van der Waals surface area contributed by atoms with Gasteiger partial charge in [-0.2, -0.15) is 0 Å². The Labute approximate surface area is 200 Å². The predicted octanol–water partition coefficient (Wildman–Crippen LogP) is 8.80. The molecule has 34 heavy (non-hydrogen) atoms. The lowest BCUT2D eigenvalue weighted by Gasteiger charge is -2.14. The van der Waals surface area contributed by atoms with Crippen molar-refractivity contribution in [2.45, 2.75) is 58.3 Å². The molecule has 0 aliphatic heterocycles. The summed E-state index contributed by atoms with van der Waals surface area (Å²) in [5, 5.41) is 2.15. The van der Waals surface area contributed by atoms with Gasteiger partial charge in [0.25, 0.3) is 0 Å². The molecule has 5 aromatic rings. The Kier molecular flexibility index (Phi) is 5.21. The van der Waals surface area contributed by atoms with Gasteiger partial charge in [0.15, 0.2) is 0 Å². The average Bonchev–Trinajstić information content (AvgIpc) is 3.52. The second-order valence-electron chi connectivity index (χ2n) is 9.99. The van der Waals surface area contributed by atoms with Crippen molar-refractivity contribution in [2.75, 3.05) is 0 Å². The molecule has 0 N–H and O–H groups in total. The highest BCUT2D eigenvalue weighted by molar-refractivity contribution is 6.10. The number of hydrogen-bond acceptors (Lipinski definition) is 3. The predicted molar refractivity (Wildman–Crippen MR) is 140 cm³/mol. The summed E-state index contributed by atoms with van der Waals surface area (Å²) in [6.07, 6.45) is 7.16. The Bertz CT molecular complexity index is 1510. The van der Waals surface area contributed by atoms with Crippen molar-refractivity contribution >= 4 is 22.1 Å². The van der Waals surface area contributed by atoms with Gasteiger partial charge < -0.3 is 4.42 Å². The van der Waals surface area contributed by atoms with Gasteiger partial charge in [-0.05, 0) is 66.5 Å². The molecule has 1 fully saturated rings. The minimum absolute atomic E-state index is 0.355. The Hall–Kier alpha value is -3.46. The number of benzene rings is 2. The maximum atomic E-state index is 6.45. The molecule has 0 amide bonds. The Morgan fingerprint density at radius 2 is 1.74 bits per heavy atom. The summed E-state index contributed by atoms with van der Waals surface area (Å²) in [7, 11) is 0. The van der Waals surface area contributed by atoms with E-state index in [-0.39, 0.29) is 0 Å². The van der Waals surface area contributed by atoms with E-state index in [2.05, 4.69) is 75.4 Å². The van der Waals surface area contributed by atoms with Crippen LogP contribution in [0.1, 0.15) is 68.2 Å². The maximum absolute atomic E-state index is 6.45. The first-order valence-electron chi connectivity index (χ1n) is 12.5. The van der Waals surface area contributed by atoms with Crippen LogP contribution >= 0.6 is 0 Å². The summed E-state index contributed by atoms with van der Waals surface area (Å²) in [6, 6.07) is 21.9. The molecule has 0 saturated heterocycles. The van der Waals surface area contributed by atoms with Gasteiger partial charge in [0, 0.05) is 33.8 Å². The van der Waals surface area contributed by atoms with E-state index in [1.165, 1.54) is 36.8 Å². The SMILES string of the molecule is Cc1ccc2c(oc3nc(C(C)C)ccc32)c1-c1ncccc1-c1cccc(C2CCCC2)c1. The van der Waals surface area contributed by atoms with Crippen LogP contribution < -0.4 is 0 Å². The third-order valence-corrected chi connectivity index (χ3v) is 7.40. The van der Waals surface area contributed by atoms with E-state index in [0.717, 1.165) is 44.4 Å². The van der Waals surface area contributed by atoms with Crippen molar-refractivity contribution in [3.8, 4) is 22.4 Å². The van der Waals surface area contributed by atoms with Crippen LogP contribution in [-0.2, 0) is 0 Å². The first-order chi connectivity index (χ1) is 16.6. The molecule has 0 bridgehead atoms. The molecule has 3 heterocycles. The lowest BCUT2D eigenvalue weighted by atomic mass is 9.91. The Balaban J connectivity index is 1.55. The van der Waals surface area contributed by atoms with Crippen molar-refractivity contribution in [3.05, 3.63) is 83.7 Å². The van der Waals surface area contributed by atoms with Crippen molar-refractivity contribution in [1.29, 1.82) is 0 Å². The molecule has 3 nitrogen and oxygen atoms in total. The molecule has 1 aliphatic rings. The number of hydrogen-bond donors (Lipinski definition) is 0. The number of fused-ring (bicyclic) bond motifs is 3. The van der Waals surface area contributed by atoms with E-state index in [9.17, 15) is 0 Å². The quantitative estimate of drug-likeness (QED) is 0.277. The summed E-state index contributed by atoms with van der Waals surface area (Å²) in [6.45, 7) is 6.46. The summed E-state index contributed by atoms with van der Waals surface area (Å²) in [4.78, 5) is 9.72. The molecule has 0 unspecified atom stereocenters. The molecule has 0 radical (unpaired) electrons. The lowest BCUT2D eigenvalue weighted by Crippen LogP contribution is -1.95. The van der Waals surface area contributed by atoms with Gasteiger partial charge in [-0.15, -0.1) is 0 Å². The minimum atomic E-state index is 0.355. The Morgan fingerprint density at radius 1 is 0.912 bits per heavy atom. The van der Waals surface area contributed by atoms with Crippen molar-refractivity contribution in [3.63, 3.8) is 0 Å². The molecular formula is C31H30N2O. The van der Waals surface area contributed by atoms with Gasteiger partial charge in [0.2, 0.25) is 5.71 Å². The van der Waals surface area contributed by atoms with Gasteiger partial charge in [0.05, 0.1) is 5.69 Å². The van der Waals surface area contributed by atoms with Crippen LogP contribution in [-0.4, -0.2) is 9.97 Å². The van der Waals surface area contributed by atoms with Crippen LogP contribution in [0.25, 0.3) is 44.5 Å². The highest BCUT2D eigenvalue weighted by Gasteiger charge is 2.21. The van der Waals surface area contributed by atoms with E-state index in [1.807, 2.05) is 12.3 Å². The number of aryl methyl sites for hydroxylation is 1. The zero-order valence-electron chi connectivity index (χ0n) is 20.1. The largest absolute Gasteiger partial charge is 0.437 e.